The van der Waals surface area contributed by atoms with E-state index in [2.05, 4.69) is 11.8 Å². The number of nitrogens with two attached hydrogens (primary N) is 1. The van der Waals surface area contributed by atoms with Gasteiger partial charge in [0.25, 0.3) is 0 Å². The van der Waals surface area contributed by atoms with Gasteiger partial charge in [0.15, 0.2) is 0 Å². The van der Waals surface area contributed by atoms with Gasteiger partial charge in [-0.1, -0.05) is 13.3 Å². The molecule has 0 bridgehead atoms. The fraction of sp³-hybridized carbons (Fsp3) is 1.00. The van der Waals surface area contributed by atoms with Crippen LogP contribution in [0, 0.1) is 5.92 Å². The number of aliphatic hydroxyl groups is 2. The first-order chi connectivity index (χ1) is 7.22. The fourth-order valence-corrected chi connectivity index (χ4v) is 2.60. The Kier molecular flexibility index (Phi) is 5.53. The van der Waals surface area contributed by atoms with Crippen molar-refractivity contribution in [3.05, 3.63) is 0 Å². The zero-order valence-electron chi connectivity index (χ0n) is 9.60. The lowest BCUT2D eigenvalue weighted by atomic mass is 10.0. The van der Waals surface area contributed by atoms with Crippen LogP contribution < -0.4 is 5.73 Å². The Balaban J connectivity index is 2.49. The molecule has 1 aliphatic carbocycles. The highest BCUT2D eigenvalue weighted by Gasteiger charge is 2.30. The van der Waals surface area contributed by atoms with E-state index in [1.807, 2.05) is 0 Å². The molecule has 90 valence electrons. The molecule has 1 saturated carbocycles. The molecule has 15 heavy (non-hydrogen) atoms. The quantitative estimate of drug-likeness (QED) is 0.574. The van der Waals surface area contributed by atoms with Crippen molar-refractivity contribution in [1.29, 1.82) is 0 Å². The van der Waals surface area contributed by atoms with E-state index in [-0.39, 0.29) is 6.61 Å². The summed E-state index contributed by atoms with van der Waals surface area (Å²) in [7, 11) is 0. The summed E-state index contributed by atoms with van der Waals surface area (Å²) in [4.78, 5) is 2.26. The number of hydrogen-bond acceptors (Lipinski definition) is 4. The Bertz CT molecular complexity index is 178. The third-order valence-electron chi connectivity index (χ3n) is 3.45. The molecule has 0 aliphatic heterocycles. The summed E-state index contributed by atoms with van der Waals surface area (Å²) < 4.78 is 0. The average Bonchev–Trinajstić information content (AvgIpc) is 2.73. The van der Waals surface area contributed by atoms with Gasteiger partial charge in [-0.3, -0.25) is 4.90 Å². The maximum absolute atomic E-state index is 9.46. The van der Waals surface area contributed by atoms with Gasteiger partial charge in [0.1, 0.15) is 0 Å². The maximum atomic E-state index is 9.46. The molecule has 3 unspecified atom stereocenters. The smallest absolute Gasteiger partial charge is 0.0897 e. The van der Waals surface area contributed by atoms with E-state index in [0.717, 1.165) is 13.1 Å². The van der Waals surface area contributed by atoms with Crippen molar-refractivity contribution < 1.29 is 10.2 Å². The molecule has 0 spiro atoms. The molecule has 0 heterocycles. The normalized spacial score (nSPS) is 28.6. The van der Waals surface area contributed by atoms with Crippen LogP contribution in [-0.4, -0.2) is 53.5 Å². The highest BCUT2D eigenvalue weighted by molar-refractivity contribution is 4.86. The van der Waals surface area contributed by atoms with E-state index in [0.29, 0.717) is 18.5 Å². The van der Waals surface area contributed by atoms with Crippen molar-refractivity contribution in [2.75, 3.05) is 26.2 Å². The summed E-state index contributed by atoms with van der Waals surface area (Å²) in [6.07, 6.45) is 2.99. The Morgan fingerprint density at radius 3 is 2.73 bits per heavy atom. The van der Waals surface area contributed by atoms with Gasteiger partial charge in [0.2, 0.25) is 0 Å². The molecular weight excluding hydrogens is 192 g/mol. The molecule has 3 atom stereocenters. The van der Waals surface area contributed by atoms with Gasteiger partial charge in [0.05, 0.1) is 12.7 Å². The Hall–Kier alpha value is -0.160. The average molecular weight is 216 g/mol. The van der Waals surface area contributed by atoms with Gasteiger partial charge < -0.3 is 15.9 Å². The minimum Gasteiger partial charge on any atom is -0.394 e. The highest BCUT2D eigenvalue weighted by atomic mass is 16.3. The number of nitrogens with zero attached hydrogens (tertiary/aromatic N) is 1. The minimum atomic E-state index is -0.621. The first-order valence-electron chi connectivity index (χ1n) is 5.96. The SMILES string of the molecule is CCN(CC(O)CO)C1CCCC1CN. The van der Waals surface area contributed by atoms with Gasteiger partial charge >= 0.3 is 0 Å². The first-order valence-corrected chi connectivity index (χ1v) is 5.96. The van der Waals surface area contributed by atoms with E-state index in [1.54, 1.807) is 0 Å². The summed E-state index contributed by atoms with van der Waals surface area (Å²) in [5.41, 5.74) is 5.74. The van der Waals surface area contributed by atoms with Crippen LogP contribution in [0.15, 0.2) is 0 Å². The monoisotopic (exact) mass is 216 g/mol. The molecule has 4 nitrogen and oxygen atoms in total. The van der Waals surface area contributed by atoms with Crippen molar-refractivity contribution in [3.8, 4) is 0 Å². The molecule has 1 fully saturated rings. The van der Waals surface area contributed by atoms with Gasteiger partial charge in [-0.25, -0.2) is 0 Å². The van der Waals surface area contributed by atoms with Gasteiger partial charge in [0, 0.05) is 12.6 Å². The number of hydrogen-bond donors (Lipinski definition) is 3. The summed E-state index contributed by atoms with van der Waals surface area (Å²) in [5.74, 6) is 0.566. The molecule has 0 aromatic rings. The Morgan fingerprint density at radius 1 is 1.47 bits per heavy atom. The second-order valence-electron chi connectivity index (χ2n) is 4.42. The highest BCUT2D eigenvalue weighted by Crippen LogP contribution is 2.29. The zero-order chi connectivity index (χ0) is 11.3. The summed E-state index contributed by atoms with van der Waals surface area (Å²) in [6, 6.07) is 0.501. The fourth-order valence-electron chi connectivity index (χ4n) is 2.60. The second-order valence-corrected chi connectivity index (χ2v) is 4.42. The van der Waals surface area contributed by atoms with E-state index in [9.17, 15) is 5.11 Å². The van der Waals surface area contributed by atoms with Crippen molar-refractivity contribution >= 4 is 0 Å². The third-order valence-corrected chi connectivity index (χ3v) is 3.45. The van der Waals surface area contributed by atoms with Gasteiger partial charge in [-0.2, -0.15) is 0 Å². The number of aliphatic hydroxyl groups excluding tert-OH is 2. The molecule has 1 rings (SSSR count). The van der Waals surface area contributed by atoms with Crippen molar-refractivity contribution in [3.63, 3.8) is 0 Å². The van der Waals surface area contributed by atoms with E-state index < -0.39 is 6.10 Å². The molecule has 4 N–H and O–H groups in total. The summed E-state index contributed by atoms with van der Waals surface area (Å²) >= 11 is 0. The molecule has 1 aliphatic rings. The first kappa shape index (κ1) is 12.9. The van der Waals surface area contributed by atoms with Gasteiger partial charge in [-0.15, -0.1) is 0 Å². The summed E-state index contributed by atoms with van der Waals surface area (Å²) in [6.45, 7) is 4.15. The predicted octanol–water partition coefficient (Wildman–Crippen LogP) is -0.211. The van der Waals surface area contributed by atoms with Crippen molar-refractivity contribution in [2.24, 2.45) is 11.7 Å². The Labute approximate surface area is 92.1 Å². The molecule has 0 radical (unpaired) electrons. The largest absolute Gasteiger partial charge is 0.394 e. The summed E-state index contributed by atoms with van der Waals surface area (Å²) in [5, 5.41) is 18.3. The number of rotatable bonds is 6. The van der Waals surface area contributed by atoms with E-state index in [4.69, 9.17) is 10.8 Å². The van der Waals surface area contributed by atoms with E-state index >= 15 is 0 Å². The minimum absolute atomic E-state index is 0.156. The predicted molar refractivity (Wildman–Crippen MR) is 60.5 cm³/mol. The molecule has 4 heteroatoms. The lowest BCUT2D eigenvalue weighted by Gasteiger charge is -2.32. The van der Waals surface area contributed by atoms with Crippen molar-refractivity contribution in [2.45, 2.75) is 38.3 Å². The lowest BCUT2D eigenvalue weighted by molar-refractivity contribution is 0.0399. The maximum Gasteiger partial charge on any atom is 0.0897 e. The van der Waals surface area contributed by atoms with Gasteiger partial charge in [-0.05, 0) is 31.8 Å². The lowest BCUT2D eigenvalue weighted by Crippen LogP contribution is -2.44. The Morgan fingerprint density at radius 2 is 2.20 bits per heavy atom. The zero-order valence-corrected chi connectivity index (χ0v) is 9.60. The van der Waals surface area contributed by atoms with E-state index in [1.165, 1.54) is 19.3 Å². The van der Waals surface area contributed by atoms with Crippen LogP contribution >= 0.6 is 0 Å². The molecule has 0 aromatic heterocycles. The molecule has 0 amide bonds. The third kappa shape index (κ3) is 3.41. The van der Waals surface area contributed by atoms with Crippen LogP contribution in [0.5, 0.6) is 0 Å². The van der Waals surface area contributed by atoms with Crippen molar-refractivity contribution in [1.82, 2.24) is 4.90 Å². The molecular formula is C11H24N2O2. The van der Waals surface area contributed by atoms with Crippen LogP contribution in [0.1, 0.15) is 26.2 Å². The van der Waals surface area contributed by atoms with Crippen LogP contribution in [0.3, 0.4) is 0 Å². The topological polar surface area (TPSA) is 69.7 Å². The van der Waals surface area contributed by atoms with Crippen LogP contribution in [-0.2, 0) is 0 Å². The second kappa shape index (κ2) is 6.43. The molecule has 0 aromatic carbocycles. The standard InChI is InChI=1S/C11H24N2O2/c1-2-13(7-10(15)8-14)11-5-3-4-9(11)6-12/h9-11,14-15H,2-8,12H2,1H3. The van der Waals surface area contributed by atoms with Crippen LogP contribution in [0.25, 0.3) is 0 Å². The van der Waals surface area contributed by atoms with Crippen LogP contribution in [0.4, 0.5) is 0 Å². The van der Waals surface area contributed by atoms with Crippen LogP contribution in [0.2, 0.25) is 0 Å². The molecule has 0 saturated heterocycles. The number of likely N-dealkylation sites (N-methyl/N-ethyl adjacent to an activating group) is 1.